The largest absolute Gasteiger partial charge is 0.394 e. The average Bonchev–Trinajstić information content (AvgIpc) is 2.50. The van der Waals surface area contributed by atoms with Crippen LogP contribution >= 0.6 is 11.6 Å². The summed E-state index contributed by atoms with van der Waals surface area (Å²) in [5.74, 6) is 0.481. The summed E-state index contributed by atoms with van der Waals surface area (Å²) in [6.45, 7) is 0.573. The number of hydrogen-bond acceptors (Lipinski definition) is 3. The van der Waals surface area contributed by atoms with Crippen molar-refractivity contribution in [3.63, 3.8) is 0 Å². The third-order valence-electron chi connectivity index (χ3n) is 2.13. The van der Waals surface area contributed by atoms with Gasteiger partial charge in [-0.05, 0) is 17.7 Å². The van der Waals surface area contributed by atoms with Gasteiger partial charge in [-0.2, -0.15) is 5.10 Å². The molecule has 2 rings (SSSR count). The Balaban J connectivity index is 2.26. The first kappa shape index (κ1) is 9.86. The highest BCUT2D eigenvalue weighted by Gasteiger charge is 2.04. The van der Waals surface area contributed by atoms with Crippen LogP contribution in [0.4, 0.5) is 11.5 Å². The SMILES string of the molecule is Nc1cnn(Cc2cccc(Cl)c2)c1N. The number of nitrogens with zero attached hydrogens (tertiary/aromatic N) is 2. The molecule has 78 valence electrons. The van der Waals surface area contributed by atoms with Gasteiger partial charge in [-0.3, -0.25) is 0 Å². The lowest BCUT2D eigenvalue weighted by molar-refractivity contribution is 0.697. The fourth-order valence-corrected chi connectivity index (χ4v) is 1.56. The van der Waals surface area contributed by atoms with Crippen LogP contribution in [-0.4, -0.2) is 9.78 Å². The molecular weight excluding hydrogens is 212 g/mol. The van der Waals surface area contributed by atoms with Crippen LogP contribution in [-0.2, 0) is 6.54 Å². The van der Waals surface area contributed by atoms with Gasteiger partial charge in [0.15, 0.2) is 0 Å². The van der Waals surface area contributed by atoms with E-state index in [0.717, 1.165) is 5.56 Å². The monoisotopic (exact) mass is 222 g/mol. The molecule has 0 unspecified atom stereocenters. The molecule has 1 heterocycles. The predicted octanol–water partition coefficient (Wildman–Crippen LogP) is 1.75. The molecule has 0 amide bonds. The first-order valence-electron chi connectivity index (χ1n) is 4.48. The zero-order valence-electron chi connectivity index (χ0n) is 8.02. The first-order chi connectivity index (χ1) is 7.16. The van der Waals surface area contributed by atoms with E-state index in [9.17, 15) is 0 Å². The zero-order chi connectivity index (χ0) is 10.8. The van der Waals surface area contributed by atoms with Gasteiger partial charge in [0.2, 0.25) is 0 Å². The van der Waals surface area contributed by atoms with Crippen molar-refractivity contribution in [3.8, 4) is 0 Å². The molecule has 2 aromatic rings. The molecule has 0 aliphatic carbocycles. The van der Waals surface area contributed by atoms with Crippen molar-refractivity contribution in [2.45, 2.75) is 6.54 Å². The van der Waals surface area contributed by atoms with Gasteiger partial charge in [-0.1, -0.05) is 23.7 Å². The van der Waals surface area contributed by atoms with Crippen molar-refractivity contribution in [2.24, 2.45) is 0 Å². The van der Waals surface area contributed by atoms with Gasteiger partial charge in [-0.15, -0.1) is 0 Å². The summed E-state index contributed by atoms with van der Waals surface area (Å²) in [7, 11) is 0. The van der Waals surface area contributed by atoms with E-state index in [-0.39, 0.29) is 0 Å². The zero-order valence-corrected chi connectivity index (χ0v) is 8.78. The van der Waals surface area contributed by atoms with Crippen LogP contribution in [0.15, 0.2) is 30.5 Å². The summed E-state index contributed by atoms with van der Waals surface area (Å²) in [5, 5.41) is 4.76. The highest BCUT2D eigenvalue weighted by atomic mass is 35.5. The van der Waals surface area contributed by atoms with Crippen LogP contribution in [0, 0.1) is 0 Å². The van der Waals surface area contributed by atoms with Crippen LogP contribution in [0.2, 0.25) is 5.02 Å². The van der Waals surface area contributed by atoms with E-state index in [2.05, 4.69) is 5.10 Å². The van der Waals surface area contributed by atoms with E-state index in [4.69, 9.17) is 23.1 Å². The Morgan fingerprint density at radius 3 is 2.73 bits per heavy atom. The Labute approximate surface area is 92.4 Å². The topological polar surface area (TPSA) is 69.9 Å². The minimum absolute atomic E-state index is 0.481. The number of benzene rings is 1. The molecule has 0 atom stereocenters. The Hall–Kier alpha value is -1.68. The van der Waals surface area contributed by atoms with Gasteiger partial charge in [0, 0.05) is 5.02 Å². The molecular formula is C10H11ClN4. The van der Waals surface area contributed by atoms with Crippen LogP contribution in [0.3, 0.4) is 0 Å². The summed E-state index contributed by atoms with van der Waals surface area (Å²) in [6, 6.07) is 7.55. The number of nitrogen functional groups attached to an aromatic ring is 2. The lowest BCUT2D eigenvalue weighted by atomic mass is 10.2. The standard InChI is InChI=1S/C10H11ClN4/c11-8-3-1-2-7(4-8)6-15-10(13)9(12)5-14-15/h1-5H,6,12-13H2. The maximum absolute atomic E-state index is 5.87. The second-order valence-corrected chi connectivity index (χ2v) is 3.71. The molecule has 4 N–H and O–H groups in total. The Morgan fingerprint density at radius 1 is 1.33 bits per heavy atom. The summed E-state index contributed by atoms with van der Waals surface area (Å²) in [6.07, 6.45) is 1.54. The average molecular weight is 223 g/mol. The fourth-order valence-electron chi connectivity index (χ4n) is 1.34. The Bertz CT molecular complexity index is 478. The number of halogens is 1. The first-order valence-corrected chi connectivity index (χ1v) is 4.86. The molecule has 1 aromatic heterocycles. The lowest BCUT2D eigenvalue weighted by Gasteiger charge is -2.04. The maximum atomic E-state index is 5.87. The highest BCUT2D eigenvalue weighted by molar-refractivity contribution is 6.30. The van der Waals surface area contributed by atoms with Gasteiger partial charge in [-0.25, -0.2) is 4.68 Å². The number of aromatic nitrogens is 2. The number of rotatable bonds is 2. The van der Waals surface area contributed by atoms with Crippen molar-refractivity contribution in [2.75, 3.05) is 11.5 Å². The second kappa shape index (κ2) is 3.82. The van der Waals surface area contributed by atoms with Gasteiger partial charge in [0.25, 0.3) is 0 Å². The van der Waals surface area contributed by atoms with Crippen LogP contribution in [0.1, 0.15) is 5.56 Å². The molecule has 0 saturated carbocycles. The van der Waals surface area contributed by atoms with Crippen molar-refractivity contribution in [1.29, 1.82) is 0 Å². The summed E-state index contributed by atoms with van der Waals surface area (Å²) < 4.78 is 1.64. The lowest BCUT2D eigenvalue weighted by Crippen LogP contribution is -2.06. The van der Waals surface area contributed by atoms with E-state index in [1.807, 2.05) is 24.3 Å². The van der Waals surface area contributed by atoms with Crippen LogP contribution < -0.4 is 11.5 Å². The second-order valence-electron chi connectivity index (χ2n) is 3.27. The van der Waals surface area contributed by atoms with Crippen LogP contribution in [0.5, 0.6) is 0 Å². The minimum Gasteiger partial charge on any atom is -0.394 e. The number of nitrogens with two attached hydrogens (primary N) is 2. The van der Waals surface area contributed by atoms with Crippen molar-refractivity contribution in [1.82, 2.24) is 9.78 Å². The van der Waals surface area contributed by atoms with E-state index in [1.54, 1.807) is 10.9 Å². The third kappa shape index (κ3) is 2.05. The van der Waals surface area contributed by atoms with E-state index in [1.165, 1.54) is 0 Å². The number of hydrogen-bond donors (Lipinski definition) is 2. The van der Waals surface area contributed by atoms with Gasteiger partial charge in [0.05, 0.1) is 18.4 Å². The molecule has 5 heteroatoms. The van der Waals surface area contributed by atoms with Gasteiger partial charge >= 0.3 is 0 Å². The summed E-state index contributed by atoms with van der Waals surface area (Å²) in [5.41, 5.74) is 12.9. The third-order valence-corrected chi connectivity index (χ3v) is 2.37. The molecule has 15 heavy (non-hydrogen) atoms. The smallest absolute Gasteiger partial charge is 0.145 e. The van der Waals surface area contributed by atoms with Gasteiger partial charge in [0.1, 0.15) is 5.82 Å². The number of anilines is 2. The Morgan fingerprint density at radius 2 is 2.13 bits per heavy atom. The quantitative estimate of drug-likeness (QED) is 0.813. The minimum atomic E-state index is 0.481. The van der Waals surface area contributed by atoms with Crippen LogP contribution in [0.25, 0.3) is 0 Å². The molecule has 0 aliphatic heterocycles. The normalized spacial score (nSPS) is 10.5. The molecule has 1 aromatic carbocycles. The molecule has 0 fully saturated rings. The molecule has 0 radical (unpaired) electrons. The van der Waals surface area contributed by atoms with Crippen molar-refractivity contribution < 1.29 is 0 Å². The Kier molecular flexibility index (Phi) is 2.51. The van der Waals surface area contributed by atoms with E-state index in [0.29, 0.717) is 23.1 Å². The van der Waals surface area contributed by atoms with Crippen molar-refractivity contribution >= 4 is 23.1 Å². The van der Waals surface area contributed by atoms with E-state index >= 15 is 0 Å². The fraction of sp³-hybridized carbons (Fsp3) is 0.100. The molecule has 0 bridgehead atoms. The summed E-state index contributed by atoms with van der Waals surface area (Å²) in [4.78, 5) is 0. The molecule has 0 aliphatic rings. The molecule has 0 spiro atoms. The van der Waals surface area contributed by atoms with Crippen molar-refractivity contribution in [3.05, 3.63) is 41.0 Å². The maximum Gasteiger partial charge on any atom is 0.145 e. The predicted molar refractivity (Wildman–Crippen MR) is 61.6 cm³/mol. The molecule has 4 nitrogen and oxygen atoms in total. The van der Waals surface area contributed by atoms with Gasteiger partial charge < -0.3 is 11.5 Å². The summed E-state index contributed by atoms with van der Waals surface area (Å²) >= 11 is 5.87. The highest BCUT2D eigenvalue weighted by Crippen LogP contribution is 2.16. The molecule has 0 saturated heterocycles. The van der Waals surface area contributed by atoms with E-state index < -0.39 is 0 Å².